The quantitative estimate of drug-likeness (QED) is 0.648. The monoisotopic (exact) mass is 260 g/mol. The molecule has 0 amide bonds. The summed E-state index contributed by atoms with van der Waals surface area (Å²) in [5.74, 6) is 0. The lowest BCUT2D eigenvalue weighted by molar-refractivity contribution is -0.323. The minimum atomic E-state index is -0.659. The first kappa shape index (κ1) is 15.9. The predicted octanol–water partition coefficient (Wildman–Crippen LogP) is 2.83. The maximum absolute atomic E-state index is 9.72. The molecular weight excluding hydrogens is 232 g/mol. The van der Waals surface area contributed by atoms with Crippen LogP contribution in [0.3, 0.4) is 0 Å². The Balaban J connectivity index is 2.18. The fourth-order valence-corrected chi connectivity index (χ4v) is 1.95. The van der Waals surface area contributed by atoms with Crippen molar-refractivity contribution in [2.75, 3.05) is 13.2 Å². The van der Waals surface area contributed by atoms with Gasteiger partial charge in [-0.1, -0.05) is 39.5 Å². The maximum atomic E-state index is 9.72. The molecule has 0 aromatic rings. The Bertz CT molecular complexity index is 198. The molecule has 108 valence electrons. The molecule has 4 nitrogen and oxygen atoms in total. The van der Waals surface area contributed by atoms with Crippen LogP contribution in [0.25, 0.3) is 0 Å². The van der Waals surface area contributed by atoms with Crippen molar-refractivity contribution in [3.05, 3.63) is 0 Å². The van der Waals surface area contributed by atoms with Gasteiger partial charge >= 0.3 is 0 Å². The first-order valence-electron chi connectivity index (χ1n) is 7.34. The van der Waals surface area contributed by atoms with E-state index in [1.54, 1.807) is 0 Å². The van der Waals surface area contributed by atoms with Crippen LogP contribution in [-0.2, 0) is 14.2 Å². The Hall–Kier alpha value is -0.160. The van der Waals surface area contributed by atoms with Crippen molar-refractivity contribution in [3.63, 3.8) is 0 Å². The molecule has 1 heterocycles. The second-order valence-electron chi connectivity index (χ2n) is 4.91. The molecule has 0 radical (unpaired) electrons. The summed E-state index contributed by atoms with van der Waals surface area (Å²) in [6, 6.07) is 0. The normalized spacial score (nSPS) is 28.5. The van der Waals surface area contributed by atoms with Gasteiger partial charge in [-0.25, -0.2) is 0 Å². The summed E-state index contributed by atoms with van der Waals surface area (Å²) in [6.07, 6.45) is 6.39. The lowest BCUT2D eigenvalue weighted by Crippen LogP contribution is -2.45. The van der Waals surface area contributed by atoms with Gasteiger partial charge in [-0.15, -0.1) is 0 Å². The van der Waals surface area contributed by atoms with E-state index in [2.05, 4.69) is 13.8 Å². The van der Waals surface area contributed by atoms with E-state index in [1.807, 2.05) is 0 Å². The standard InChI is InChI=1S/C14H28O4/c1-3-5-7-8-9-13-17-11-12(15)14(18-13)16-10-6-4-2/h12-15H,3-11H2,1-2H3/t12-,13-,14+/m0/s1. The SMILES string of the molecule is CCCCCC[C@H]1OC[C@H](O)[C@H](OCCCC)O1. The second-order valence-corrected chi connectivity index (χ2v) is 4.91. The Kier molecular flexibility index (Phi) is 8.59. The molecule has 1 aliphatic rings. The molecule has 1 saturated heterocycles. The lowest BCUT2D eigenvalue weighted by Gasteiger charge is -2.33. The second kappa shape index (κ2) is 9.73. The highest BCUT2D eigenvalue weighted by molar-refractivity contribution is 4.66. The third-order valence-corrected chi connectivity index (χ3v) is 3.13. The van der Waals surface area contributed by atoms with Crippen LogP contribution in [0, 0.1) is 0 Å². The smallest absolute Gasteiger partial charge is 0.188 e. The molecule has 1 aliphatic heterocycles. The van der Waals surface area contributed by atoms with Crippen LogP contribution in [0.1, 0.15) is 58.8 Å². The summed E-state index contributed by atoms with van der Waals surface area (Å²) in [6.45, 7) is 5.26. The summed E-state index contributed by atoms with van der Waals surface area (Å²) in [5, 5.41) is 9.72. The van der Waals surface area contributed by atoms with Gasteiger partial charge in [0.25, 0.3) is 0 Å². The number of aliphatic hydroxyl groups excluding tert-OH is 1. The van der Waals surface area contributed by atoms with Gasteiger partial charge in [0.05, 0.1) is 6.61 Å². The Morgan fingerprint density at radius 3 is 2.61 bits per heavy atom. The highest BCUT2D eigenvalue weighted by atomic mass is 16.8. The molecule has 0 aliphatic carbocycles. The molecule has 0 saturated carbocycles. The van der Waals surface area contributed by atoms with Crippen LogP contribution in [0.4, 0.5) is 0 Å². The number of ether oxygens (including phenoxy) is 3. The van der Waals surface area contributed by atoms with Crippen LogP contribution >= 0.6 is 0 Å². The molecule has 4 heteroatoms. The van der Waals surface area contributed by atoms with Crippen molar-refractivity contribution in [1.82, 2.24) is 0 Å². The Morgan fingerprint density at radius 1 is 1.11 bits per heavy atom. The van der Waals surface area contributed by atoms with E-state index in [1.165, 1.54) is 19.3 Å². The molecule has 1 N–H and O–H groups in total. The number of hydrogen-bond donors (Lipinski definition) is 1. The van der Waals surface area contributed by atoms with E-state index in [9.17, 15) is 5.11 Å². The van der Waals surface area contributed by atoms with Crippen LogP contribution in [0.2, 0.25) is 0 Å². The first-order chi connectivity index (χ1) is 8.77. The third kappa shape index (κ3) is 6.14. The molecule has 0 aromatic carbocycles. The molecule has 0 bridgehead atoms. The zero-order valence-corrected chi connectivity index (χ0v) is 11.8. The van der Waals surface area contributed by atoms with Gasteiger partial charge in [0.1, 0.15) is 6.10 Å². The van der Waals surface area contributed by atoms with Crippen LogP contribution in [-0.4, -0.2) is 37.0 Å². The minimum Gasteiger partial charge on any atom is -0.385 e. The first-order valence-corrected chi connectivity index (χ1v) is 7.34. The number of rotatable bonds is 9. The number of unbranched alkanes of at least 4 members (excludes halogenated alkanes) is 4. The van der Waals surface area contributed by atoms with E-state index >= 15 is 0 Å². The molecule has 1 rings (SSSR count). The summed E-state index contributed by atoms with van der Waals surface area (Å²) >= 11 is 0. The summed E-state index contributed by atoms with van der Waals surface area (Å²) in [7, 11) is 0. The fourth-order valence-electron chi connectivity index (χ4n) is 1.95. The summed E-state index contributed by atoms with van der Waals surface area (Å²) in [4.78, 5) is 0. The fraction of sp³-hybridized carbons (Fsp3) is 1.00. The maximum Gasteiger partial charge on any atom is 0.188 e. The van der Waals surface area contributed by atoms with Crippen LogP contribution in [0.5, 0.6) is 0 Å². The molecule has 1 fully saturated rings. The van der Waals surface area contributed by atoms with Crippen LogP contribution in [0.15, 0.2) is 0 Å². The predicted molar refractivity (Wildman–Crippen MR) is 70.2 cm³/mol. The zero-order valence-electron chi connectivity index (χ0n) is 11.8. The van der Waals surface area contributed by atoms with E-state index in [-0.39, 0.29) is 6.29 Å². The summed E-state index contributed by atoms with van der Waals surface area (Å²) in [5.41, 5.74) is 0. The van der Waals surface area contributed by atoms with Crippen molar-refractivity contribution < 1.29 is 19.3 Å². The van der Waals surface area contributed by atoms with Crippen molar-refractivity contribution in [3.8, 4) is 0 Å². The van der Waals surface area contributed by atoms with E-state index in [0.717, 1.165) is 25.7 Å². The Labute approximate surface area is 111 Å². The van der Waals surface area contributed by atoms with Gasteiger partial charge in [-0.2, -0.15) is 0 Å². The number of hydrogen-bond acceptors (Lipinski definition) is 4. The average Bonchev–Trinajstić information content (AvgIpc) is 2.38. The van der Waals surface area contributed by atoms with Crippen molar-refractivity contribution in [1.29, 1.82) is 0 Å². The van der Waals surface area contributed by atoms with Gasteiger partial charge in [-0.3, -0.25) is 0 Å². The third-order valence-electron chi connectivity index (χ3n) is 3.13. The van der Waals surface area contributed by atoms with E-state index < -0.39 is 12.4 Å². The van der Waals surface area contributed by atoms with Gasteiger partial charge in [-0.05, 0) is 19.3 Å². The molecule has 18 heavy (non-hydrogen) atoms. The highest BCUT2D eigenvalue weighted by Gasteiger charge is 2.30. The zero-order chi connectivity index (χ0) is 13.2. The number of aliphatic hydroxyl groups is 1. The van der Waals surface area contributed by atoms with Crippen molar-refractivity contribution in [2.24, 2.45) is 0 Å². The molecule has 0 spiro atoms. The molecule has 3 atom stereocenters. The van der Waals surface area contributed by atoms with E-state index in [4.69, 9.17) is 14.2 Å². The lowest BCUT2D eigenvalue weighted by atomic mass is 10.1. The molecule has 0 unspecified atom stereocenters. The van der Waals surface area contributed by atoms with Crippen LogP contribution < -0.4 is 0 Å². The van der Waals surface area contributed by atoms with Crippen molar-refractivity contribution >= 4 is 0 Å². The molecular formula is C14H28O4. The Morgan fingerprint density at radius 2 is 1.89 bits per heavy atom. The highest BCUT2D eigenvalue weighted by Crippen LogP contribution is 2.19. The minimum absolute atomic E-state index is 0.211. The topological polar surface area (TPSA) is 47.9 Å². The van der Waals surface area contributed by atoms with Gasteiger partial charge in [0, 0.05) is 6.61 Å². The van der Waals surface area contributed by atoms with Gasteiger partial charge in [0.2, 0.25) is 0 Å². The largest absolute Gasteiger partial charge is 0.385 e. The van der Waals surface area contributed by atoms with Gasteiger partial charge in [0.15, 0.2) is 12.6 Å². The summed E-state index contributed by atoms with van der Waals surface area (Å²) < 4.78 is 16.6. The van der Waals surface area contributed by atoms with E-state index in [0.29, 0.717) is 13.2 Å². The van der Waals surface area contributed by atoms with Crippen molar-refractivity contribution in [2.45, 2.75) is 77.5 Å². The molecule has 0 aromatic heterocycles. The average molecular weight is 260 g/mol. The van der Waals surface area contributed by atoms with Gasteiger partial charge < -0.3 is 19.3 Å².